The molecule has 5 N–H and O–H groups in total. The Morgan fingerprint density at radius 3 is 2.48 bits per heavy atom. The predicted octanol–water partition coefficient (Wildman–Crippen LogP) is -0.769. The first-order valence-corrected chi connectivity index (χ1v) is 6.76. The van der Waals surface area contributed by atoms with Gasteiger partial charge in [0.15, 0.2) is 0 Å². The first kappa shape index (κ1) is 16.6. The molecule has 0 bridgehead atoms. The van der Waals surface area contributed by atoms with Crippen molar-refractivity contribution in [2.75, 3.05) is 6.54 Å². The second-order valence-corrected chi connectivity index (χ2v) is 5.51. The van der Waals surface area contributed by atoms with Crippen LogP contribution in [0, 0.1) is 6.92 Å². The molecule has 1 atom stereocenters. The molecular weight excluding hydrogens is 298 g/mol. The molecule has 0 fully saturated rings. The van der Waals surface area contributed by atoms with Crippen molar-refractivity contribution in [3.63, 3.8) is 0 Å². The first-order chi connectivity index (χ1) is 9.79. The molecule has 1 rings (SSSR count). The Balaban J connectivity index is 2.47. The maximum atomic E-state index is 11.7. The molecule has 0 aliphatic carbocycles. The highest BCUT2D eigenvalue weighted by atomic mass is 32.1. The number of carboxylic acid groups (broad SMARTS) is 1. The van der Waals surface area contributed by atoms with Crippen molar-refractivity contribution < 1.29 is 24.3 Å². The van der Waals surface area contributed by atoms with Crippen LogP contribution in [0.2, 0.25) is 0 Å². The third-order valence-electron chi connectivity index (χ3n) is 2.41. The minimum atomic E-state index is -1.41. The minimum absolute atomic E-state index is 0.391. The fraction of sp³-hybridized carbons (Fsp3) is 0.333. The van der Waals surface area contributed by atoms with Gasteiger partial charge in [0, 0.05) is 4.88 Å². The van der Waals surface area contributed by atoms with E-state index in [0.717, 1.165) is 4.88 Å². The number of amides is 3. The van der Waals surface area contributed by atoms with E-state index in [1.54, 1.807) is 12.1 Å². The number of hydrogen-bond donors (Lipinski definition) is 4. The number of thiophene rings is 1. The van der Waals surface area contributed by atoms with Gasteiger partial charge in [-0.3, -0.25) is 14.4 Å². The number of nitrogens with one attached hydrogen (secondary N) is 2. The summed E-state index contributed by atoms with van der Waals surface area (Å²) in [6, 6.07) is 1.99. The van der Waals surface area contributed by atoms with Gasteiger partial charge in [-0.1, -0.05) is 0 Å². The van der Waals surface area contributed by atoms with E-state index in [4.69, 9.17) is 10.8 Å². The largest absolute Gasteiger partial charge is 0.480 e. The topological polar surface area (TPSA) is 139 Å². The number of carboxylic acids is 1. The number of rotatable bonds is 7. The summed E-state index contributed by atoms with van der Waals surface area (Å²) in [7, 11) is 0. The van der Waals surface area contributed by atoms with Crippen molar-refractivity contribution in [2.24, 2.45) is 5.73 Å². The third kappa shape index (κ3) is 5.61. The highest BCUT2D eigenvalue weighted by Gasteiger charge is 2.22. The molecule has 1 unspecified atom stereocenters. The van der Waals surface area contributed by atoms with Crippen molar-refractivity contribution in [1.82, 2.24) is 10.6 Å². The lowest BCUT2D eigenvalue weighted by Gasteiger charge is -2.12. The quantitative estimate of drug-likeness (QED) is 0.523. The number of aliphatic carboxylic acids is 1. The van der Waals surface area contributed by atoms with Gasteiger partial charge in [0.25, 0.3) is 5.91 Å². The zero-order chi connectivity index (χ0) is 16.0. The normalized spacial score (nSPS) is 11.5. The molecule has 0 spiro atoms. The van der Waals surface area contributed by atoms with E-state index in [-0.39, 0.29) is 0 Å². The molecule has 9 heteroatoms. The summed E-state index contributed by atoms with van der Waals surface area (Å²) in [4.78, 5) is 46.2. The SMILES string of the molecule is Cc1ccc(C(=O)NCC(=O)NC(CC(N)=O)C(=O)O)s1. The van der Waals surface area contributed by atoms with Crippen LogP contribution in [-0.4, -0.2) is 41.4 Å². The van der Waals surface area contributed by atoms with E-state index >= 15 is 0 Å². The number of nitrogens with two attached hydrogens (primary N) is 1. The summed E-state index contributed by atoms with van der Waals surface area (Å²) in [5.74, 6) is -3.36. The molecule has 0 aliphatic rings. The lowest BCUT2D eigenvalue weighted by Crippen LogP contribution is -2.47. The second-order valence-electron chi connectivity index (χ2n) is 4.22. The third-order valence-corrected chi connectivity index (χ3v) is 3.41. The monoisotopic (exact) mass is 313 g/mol. The molecule has 0 aromatic carbocycles. The lowest BCUT2D eigenvalue weighted by atomic mass is 10.2. The zero-order valence-corrected chi connectivity index (χ0v) is 12.0. The number of carbonyl (C=O) groups is 4. The van der Waals surface area contributed by atoms with E-state index < -0.39 is 42.7 Å². The van der Waals surface area contributed by atoms with Crippen LogP contribution in [-0.2, 0) is 14.4 Å². The van der Waals surface area contributed by atoms with Crippen molar-refractivity contribution in [3.05, 3.63) is 21.9 Å². The van der Waals surface area contributed by atoms with Crippen molar-refractivity contribution in [2.45, 2.75) is 19.4 Å². The van der Waals surface area contributed by atoms with Crippen molar-refractivity contribution >= 4 is 35.0 Å². The summed E-state index contributed by atoms with van der Waals surface area (Å²) in [5.41, 5.74) is 4.89. The molecule has 1 aromatic heterocycles. The van der Waals surface area contributed by atoms with Crippen LogP contribution in [0.15, 0.2) is 12.1 Å². The average Bonchev–Trinajstić information content (AvgIpc) is 2.81. The fourth-order valence-electron chi connectivity index (χ4n) is 1.45. The first-order valence-electron chi connectivity index (χ1n) is 5.94. The Hall–Kier alpha value is -2.42. The summed E-state index contributed by atoms with van der Waals surface area (Å²) in [6.45, 7) is 1.45. The maximum absolute atomic E-state index is 11.7. The minimum Gasteiger partial charge on any atom is -0.480 e. The maximum Gasteiger partial charge on any atom is 0.326 e. The van der Waals surface area contributed by atoms with Crippen LogP contribution in [0.25, 0.3) is 0 Å². The van der Waals surface area contributed by atoms with Gasteiger partial charge in [-0.25, -0.2) is 4.79 Å². The van der Waals surface area contributed by atoms with Gasteiger partial charge in [-0.2, -0.15) is 0 Å². The lowest BCUT2D eigenvalue weighted by molar-refractivity contribution is -0.143. The van der Waals surface area contributed by atoms with Gasteiger partial charge in [-0.15, -0.1) is 11.3 Å². The van der Waals surface area contributed by atoms with Crippen LogP contribution in [0.4, 0.5) is 0 Å². The standard InChI is InChI=1S/C12H15N3O5S/c1-6-2-3-8(21-6)11(18)14-5-10(17)15-7(12(19)20)4-9(13)16/h2-3,7H,4-5H2,1H3,(H2,13,16)(H,14,18)(H,15,17)(H,19,20). The number of carbonyl (C=O) groups excluding carboxylic acids is 3. The molecule has 1 aromatic rings. The number of primary amides is 1. The van der Waals surface area contributed by atoms with Crippen LogP contribution in [0.3, 0.4) is 0 Å². The fourth-order valence-corrected chi connectivity index (χ4v) is 2.23. The van der Waals surface area contributed by atoms with E-state index in [0.29, 0.717) is 4.88 Å². The van der Waals surface area contributed by atoms with Crippen LogP contribution in [0.5, 0.6) is 0 Å². The zero-order valence-electron chi connectivity index (χ0n) is 11.2. The van der Waals surface area contributed by atoms with Crippen LogP contribution < -0.4 is 16.4 Å². The Morgan fingerprint density at radius 1 is 1.33 bits per heavy atom. The van der Waals surface area contributed by atoms with Gasteiger partial charge in [0.1, 0.15) is 6.04 Å². The van der Waals surface area contributed by atoms with E-state index in [1.165, 1.54) is 11.3 Å². The van der Waals surface area contributed by atoms with Gasteiger partial charge in [-0.05, 0) is 19.1 Å². The average molecular weight is 313 g/mol. The second kappa shape index (κ2) is 7.39. The van der Waals surface area contributed by atoms with Crippen LogP contribution in [0.1, 0.15) is 21.0 Å². The molecule has 3 amide bonds. The Labute approximate surface area is 124 Å². The van der Waals surface area contributed by atoms with Gasteiger partial charge >= 0.3 is 5.97 Å². The summed E-state index contributed by atoms with van der Waals surface area (Å²) < 4.78 is 0. The molecule has 114 valence electrons. The smallest absolute Gasteiger partial charge is 0.326 e. The molecule has 8 nitrogen and oxygen atoms in total. The van der Waals surface area contributed by atoms with Gasteiger partial charge < -0.3 is 21.5 Å². The van der Waals surface area contributed by atoms with Crippen molar-refractivity contribution in [1.29, 1.82) is 0 Å². The number of hydrogen-bond acceptors (Lipinski definition) is 5. The van der Waals surface area contributed by atoms with Crippen LogP contribution >= 0.6 is 11.3 Å². The molecule has 0 radical (unpaired) electrons. The molecule has 0 aliphatic heterocycles. The predicted molar refractivity (Wildman–Crippen MR) is 74.8 cm³/mol. The highest BCUT2D eigenvalue weighted by molar-refractivity contribution is 7.13. The Bertz CT molecular complexity index is 569. The van der Waals surface area contributed by atoms with Crippen molar-refractivity contribution in [3.8, 4) is 0 Å². The van der Waals surface area contributed by atoms with Gasteiger partial charge in [0.2, 0.25) is 11.8 Å². The molecule has 1 heterocycles. The molecular formula is C12H15N3O5S. The Morgan fingerprint density at radius 2 is 2.00 bits per heavy atom. The molecule has 21 heavy (non-hydrogen) atoms. The highest BCUT2D eigenvalue weighted by Crippen LogP contribution is 2.14. The summed E-state index contributed by atoms with van der Waals surface area (Å²) in [5, 5.41) is 13.3. The van der Waals surface area contributed by atoms with E-state index in [9.17, 15) is 19.2 Å². The van der Waals surface area contributed by atoms with E-state index in [2.05, 4.69) is 10.6 Å². The summed E-state index contributed by atoms with van der Waals surface area (Å²) in [6.07, 6.45) is -0.515. The van der Waals surface area contributed by atoms with E-state index in [1.807, 2.05) is 6.92 Å². The number of aryl methyl sites for hydroxylation is 1. The molecule has 0 saturated heterocycles. The van der Waals surface area contributed by atoms with Gasteiger partial charge in [0.05, 0.1) is 17.8 Å². The summed E-state index contributed by atoms with van der Waals surface area (Å²) >= 11 is 1.28. The Kier molecular flexibility index (Phi) is 5.85. The molecule has 0 saturated carbocycles.